The number of amides is 2. The van der Waals surface area contributed by atoms with E-state index >= 15 is 0 Å². The maximum Gasteiger partial charge on any atom is 0.417 e. The van der Waals surface area contributed by atoms with Crippen molar-refractivity contribution in [3.63, 3.8) is 0 Å². The lowest BCUT2D eigenvalue weighted by Crippen LogP contribution is -2.41. The molecule has 154 valence electrons. The largest absolute Gasteiger partial charge is 0.437 e. The highest BCUT2D eigenvalue weighted by atomic mass is 16.6. The van der Waals surface area contributed by atoms with Crippen LogP contribution in [0.25, 0.3) is 10.9 Å². The maximum atomic E-state index is 12.9. The molecule has 3 aromatic rings. The van der Waals surface area contributed by atoms with Crippen LogP contribution in [0.5, 0.6) is 0 Å². The Morgan fingerprint density at radius 2 is 2.10 bits per heavy atom. The van der Waals surface area contributed by atoms with E-state index in [-0.39, 0.29) is 6.42 Å². The van der Waals surface area contributed by atoms with Crippen LogP contribution in [0.2, 0.25) is 0 Å². The van der Waals surface area contributed by atoms with E-state index in [9.17, 15) is 14.7 Å². The second-order valence-electron chi connectivity index (χ2n) is 7.40. The number of hydrogen-bond acceptors (Lipinski definition) is 7. The fraction of sp³-hybridized carbons (Fsp3) is 0.318. The number of aliphatic hydroxyl groups excluding tert-OH is 1. The molecular formula is C22H22N4O4. The first-order valence-corrected chi connectivity index (χ1v) is 9.74. The number of pyridine rings is 3. The van der Waals surface area contributed by atoms with Crippen LogP contribution in [0.3, 0.4) is 0 Å². The Morgan fingerprint density at radius 1 is 1.27 bits per heavy atom. The highest BCUT2D eigenvalue weighted by Gasteiger charge is 2.46. The fourth-order valence-electron chi connectivity index (χ4n) is 3.86. The molecule has 1 fully saturated rings. The quantitative estimate of drug-likeness (QED) is 0.694. The van der Waals surface area contributed by atoms with E-state index in [1.165, 1.54) is 0 Å². The SMILES string of the molecule is Cc1cc(C)nc([C@H]2OC(=O)N(C(=O)CCc3cncc4cccnc34)[C@H]2CO)c1. The minimum absolute atomic E-state index is 0.0654. The topological polar surface area (TPSA) is 106 Å². The number of cyclic esters (lactones) is 1. The summed E-state index contributed by atoms with van der Waals surface area (Å²) in [5, 5.41) is 10.8. The molecule has 0 spiro atoms. The van der Waals surface area contributed by atoms with E-state index in [0.717, 1.165) is 32.6 Å². The molecule has 4 heterocycles. The first-order chi connectivity index (χ1) is 14.5. The van der Waals surface area contributed by atoms with Crippen LogP contribution in [-0.2, 0) is 16.0 Å². The van der Waals surface area contributed by atoms with Gasteiger partial charge in [-0.25, -0.2) is 9.69 Å². The van der Waals surface area contributed by atoms with Crippen LogP contribution in [0.1, 0.15) is 35.0 Å². The third-order valence-electron chi connectivity index (χ3n) is 5.17. The Morgan fingerprint density at radius 3 is 2.87 bits per heavy atom. The zero-order valence-electron chi connectivity index (χ0n) is 16.8. The Balaban J connectivity index is 1.53. The molecule has 8 heteroatoms. The number of rotatable bonds is 5. The van der Waals surface area contributed by atoms with Gasteiger partial charge in [0, 0.05) is 36.1 Å². The van der Waals surface area contributed by atoms with Gasteiger partial charge in [-0.1, -0.05) is 0 Å². The third-order valence-corrected chi connectivity index (χ3v) is 5.17. The molecule has 0 bridgehead atoms. The van der Waals surface area contributed by atoms with E-state index in [1.54, 1.807) is 24.7 Å². The number of nitrogens with zero attached hydrogens (tertiary/aromatic N) is 4. The van der Waals surface area contributed by atoms with Crippen molar-refractivity contribution in [1.29, 1.82) is 0 Å². The number of carbonyl (C=O) groups is 2. The number of aromatic nitrogens is 3. The molecule has 4 rings (SSSR count). The lowest BCUT2D eigenvalue weighted by molar-refractivity contribution is -0.129. The van der Waals surface area contributed by atoms with Crippen LogP contribution in [-0.4, -0.2) is 49.6 Å². The number of hydrogen-bond donors (Lipinski definition) is 1. The first kappa shape index (κ1) is 19.9. The summed E-state index contributed by atoms with van der Waals surface area (Å²) < 4.78 is 5.44. The van der Waals surface area contributed by atoms with Gasteiger partial charge in [-0.2, -0.15) is 0 Å². The molecule has 1 aliphatic rings. The molecule has 8 nitrogen and oxygen atoms in total. The summed E-state index contributed by atoms with van der Waals surface area (Å²) in [5.74, 6) is -0.418. The average Bonchev–Trinajstić information content (AvgIpc) is 3.07. The molecule has 0 aliphatic carbocycles. The summed E-state index contributed by atoms with van der Waals surface area (Å²) in [7, 11) is 0. The molecule has 1 N–H and O–H groups in total. The first-order valence-electron chi connectivity index (χ1n) is 9.74. The Bertz CT molecular complexity index is 1090. The van der Waals surface area contributed by atoms with Gasteiger partial charge in [0.2, 0.25) is 5.91 Å². The maximum absolute atomic E-state index is 12.9. The monoisotopic (exact) mass is 406 g/mol. The van der Waals surface area contributed by atoms with Gasteiger partial charge in [-0.3, -0.25) is 19.7 Å². The summed E-state index contributed by atoms with van der Waals surface area (Å²) in [6, 6.07) is 6.62. The zero-order chi connectivity index (χ0) is 21.3. The molecule has 0 unspecified atom stereocenters. The number of ether oxygens (including phenoxy) is 1. The molecule has 0 aromatic carbocycles. The van der Waals surface area contributed by atoms with Gasteiger partial charge in [0.05, 0.1) is 17.8 Å². The molecule has 3 aromatic heterocycles. The Hall–Kier alpha value is -3.39. The average molecular weight is 406 g/mol. The van der Waals surface area contributed by atoms with Crippen LogP contribution in [0.15, 0.2) is 42.9 Å². The number of aryl methyl sites for hydroxylation is 3. The normalized spacial score (nSPS) is 18.6. The lowest BCUT2D eigenvalue weighted by Gasteiger charge is -2.21. The summed E-state index contributed by atoms with van der Waals surface area (Å²) >= 11 is 0. The van der Waals surface area contributed by atoms with Crippen LogP contribution in [0.4, 0.5) is 4.79 Å². The highest BCUT2D eigenvalue weighted by molar-refractivity contribution is 5.94. The van der Waals surface area contributed by atoms with E-state index in [4.69, 9.17) is 4.74 Å². The molecule has 30 heavy (non-hydrogen) atoms. The molecule has 2 atom stereocenters. The second kappa shape index (κ2) is 8.16. The van der Waals surface area contributed by atoms with E-state index in [0.29, 0.717) is 12.1 Å². The van der Waals surface area contributed by atoms with Crippen LogP contribution in [0, 0.1) is 13.8 Å². The summed E-state index contributed by atoms with van der Waals surface area (Å²) in [4.78, 5) is 39.4. The van der Waals surface area contributed by atoms with Crippen molar-refractivity contribution < 1.29 is 19.4 Å². The Labute approximate surface area is 173 Å². The van der Waals surface area contributed by atoms with Gasteiger partial charge in [0.1, 0.15) is 6.04 Å². The highest BCUT2D eigenvalue weighted by Crippen LogP contribution is 2.32. The van der Waals surface area contributed by atoms with E-state index in [1.807, 2.05) is 32.0 Å². The fourth-order valence-corrected chi connectivity index (χ4v) is 3.86. The van der Waals surface area contributed by atoms with E-state index < -0.39 is 30.8 Å². The van der Waals surface area contributed by atoms with Gasteiger partial charge in [-0.15, -0.1) is 0 Å². The lowest BCUT2D eigenvalue weighted by atomic mass is 10.0. The molecule has 1 saturated heterocycles. The third kappa shape index (κ3) is 3.73. The van der Waals surface area contributed by atoms with Crippen molar-refractivity contribution in [3.8, 4) is 0 Å². The van der Waals surface area contributed by atoms with Crippen molar-refractivity contribution >= 4 is 22.9 Å². The predicted molar refractivity (Wildman–Crippen MR) is 109 cm³/mol. The van der Waals surface area contributed by atoms with Crippen molar-refractivity contribution in [2.24, 2.45) is 0 Å². The van der Waals surface area contributed by atoms with Crippen LogP contribution >= 0.6 is 0 Å². The van der Waals surface area contributed by atoms with Crippen molar-refractivity contribution in [3.05, 3.63) is 65.4 Å². The van der Waals surface area contributed by atoms with Gasteiger partial charge in [0.15, 0.2) is 6.10 Å². The standard InChI is InChI=1S/C22H22N4O4/c1-13-8-14(2)25-17(9-13)21-18(12-27)26(22(29)30-21)19(28)6-5-16-11-23-10-15-4-3-7-24-20(15)16/h3-4,7-11,18,21,27H,5-6,12H2,1-2H3/t18-,21+/m0/s1. The van der Waals surface area contributed by atoms with Crippen molar-refractivity contribution in [1.82, 2.24) is 19.9 Å². The zero-order valence-corrected chi connectivity index (χ0v) is 16.8. The molecule has 1 aliphatic heterocycles. The van der Waals surface area contributed by atoms with E-state index in [2.05, 4.69) is 15.0 Å². The molecular weight excluding hydrogens is 384 g/mol. The minimum atomic E-state index is -0.817. The van der Waals surface area contributed by atoms with Crippen LogP contribution < -0.4 is 0 Å². The van der Waals surface area contributed by atoms with Gasteiger partial charge < -0.3 is 9.84 Å². The second-order valence-corrected chi connectivity index (χ2v) is 7.40. The number of imide groups is 1. The summed E-state index contributed by atoms with van der Waals surface area (Å²) in [5.41, 5.74) is 3.87. The number of fused-ring (bicyclic) bond motifs is 1. The predicted octanol–water partition coefficient (Wildman–Crippen LogP) is 2.66. The van der Waals surface area contributed by atoms with Gasteiger partial charge in [0.25, 0.3) is 0 Å². The minimum Gasteiger partial charge on any atom is -0.437 e. The van der Waals surface area contributed by atoms with Gasteiger partial charge >= 0.3 is 6.09 Å². The smallest absolute Gasteiger partial charge is 0.417 e. The number of carbonyl (C=O) groups excluding carboxylic acids is 2. The van der Waals surface area contributed by atoms with Crippen molar-refractivity contribution in [2.45, 2.75) is 38.8 Å². The summed E-state index contributed by atoms with van der Waals surface area (Å²) in [6.07, 6.45) is 3.95. The molecule has 2 amide bonds. The molecule has 0 radical (unpaired) electrons. The molecule has 0 saturated carbocycles. The van der Waals surface area contributed by atoms with Crippen molar-refractivity contribution in [2.75, 3.05) is 6.61 Å². The Kier molecular flexibility index (Phi) is 5.41. The number of aliphatic hydroxyl groups is 1. The summed E-state index contributed by atoms with van der Waals surface area (Å²) in [6.45, 7) is 3.35. The van der Waals surface area contributed by atoms with Gasteiger partial charge in [-0.05, 0) is 55.7 Å².